The van der Waals surface area contributed by atoms with Crippen LogP contribution in [0.1, 0.15) is 23.3 Å². The highest BCUT2D eigenvalue weighted by atomic mass is 16.1. The molecule has 0 radical (unpaired) electrons. The van der Waals surface area contributed by atoms with Gasteiger partial charge in [-0.3, -0.25) is 14.6 Å². The molecule has 6 heteroatoms. The van der Waals surface area contributed by atoms with Crippen LogP contribution in [0.3, 0.4) is 0 Å². The van der Waals surface area contributed by atoms with Crippen molar-refractivity contribution in [2.24, 2.45) is 17.4 Å². The Labute approximate surface area is 105 Å². The molecule has 2 amide bonds. The van der Waals surface area contributed by atoms with Gasteiger partial charge in [0.05, 0.1) is 5.92 Å². The number of pyridine rings is 1. The van der Waals surface area contributed by atoms with Crippen molar-refractivity contribution in [1.82, 2.24) is 4.98 Å². The van der Waals surface area contributed by atoms with Gasteiger partial charge in [-0.25, -0.2) is 0 Å². The van der Waals surface area contributed by atoms with Crippen molar-refractivity contribution in [2.45, 2.75) is 12.8 Å². The topological polar surface area (TPSA) is 102 Å². The van der Waals surface area contributed by atoms with Crippen molar-refractivity contribution in [3.8, 4) is 0 Å². The fourth-order valence-corrected chi connectivity index (χ4v) is 2.19. The number of primary amides is 2. The quantitative estimate of drug-likeness (QED) is 0.778. The molecule has 1 unspecified atom stereocenters. The first-order valence-corrected chi connectivity index (χ1v) is 5.88. The molecule has 1 aliphatic heterocycles. The molecule has 0 spiro atoms. The van der Waals surface area contributed by atoms with Crippen LogP contribution in [0.5, 0.6) is 0 Å². The van der Waals surface area contributed by atoms with Gasteiger partial charge in [0.25, 0.3) is 5.91 Å². The summed E-state index contributed by atoms with van der Waals surface area (Å²) < 4.78 is 0. The van der Waals surface area contributed by atoms with Gasteiger partial charge < -0.3 is 16.4 Å². The summed E-state index contributed by atoms with van der Waals surface area (Å²) in [5.74, 6) is -0.965. The van der Waals surface area contributed by atoms with Gasteiger partial charge in [-0.2, -0.15) is 0 Å². The average molecular weight is 248 g/mol. The van der Waals surface area contributed by atoms with Gasteiger partial charge in [0, 0.05) is 25.0 Å². The zero-order valence-electron chi connectivity index (χ0n) is 10.0. The number of amides is 2. The maximum absolute atomic E-state index is 11.2. The molecule has 1 saturated heterocycles. The zero-order chi connectivity index (χ0) is 13.1. The molecule has 1 atom stereocenters. The Morgan fingerprint density at radius 2 is 2.17 bits per heavy atom. The van der Waals surface area contributed by atoms with E-state index in [1.54, 1.807) is 18.3 Å². The van der Waals surface area contributed by atoms with E-state index in [9.17, 15) is 9.59 Å². The van der Waals surface area contributed by atoms with E-state index in [0.717, 1.165) is 25.1 Å². The summed E-state index contributed by atoms with van der Waals surface area (Å²) in [4.78, 5) is 28.2. The van der Waals surface area contributed by atoms with Crippen LogP contribution in [0.4, 0.5) is 5.69 Å². The number of rotatable bonds is 3. The van der Waals surface area contributed by atoms with Gasteiger partial charge in [0.2, 0.25) is 5.91 Å². The molecule has 1 fully saturated rings. The second-order valence-electron chi connectivity index (χ2n) is 4.45. The van der Waals surface area contributed by atoms with Gasteiger partial charge in [0.1, 0.15) is 5.69 Å². The molecule has 2 rings (SSSR count). The Hall–Kier alpha value is -2.11. The predicted molar refractivity (Wildman–Crippen MR) is 66.9 cm³/mol. The smallest absolute Gasteiger partial charge is 0.267 e. The monoisotopic (exact) mass is 248 g/mol. The van der Waals surface area contributed by atoms with Crippen molar-refractivity contribution < 1.29 is 9.59 Å². The van der Waals surface area contributed by atoms with Gasteiger partial charge in [-0.1, -0.05) is 0 Å². The number of nitrogens with zero attached hydrogens (tertiary/aromatic N) is 2. The van der Waals surface area contributed by atoms with Crippen LogP contribution in [-0.2, 0) is 4.79 Å². The summed E-state index contributed by atoms with van der Waals surface area (Å²) in [6, 6.07) is 3.45. The molecular formula is C12H16N4O2. The maximum atomic E-state index is 11.2. The Morgan fingerprint density at radius 1 is 1.39 bits per heavy atom. The molecule has 0 aliphatic carbocycles. The zero-order valence-corrected chi connectivity index (χ0v) is 10.0. The molecule has 0 saturated carbocycles. The third kappa shape index (κ3) is 2.58. The first-order valence-electron chi connectivity index (χ1n) is 5.88. The van der Waals surface area contributed by atoms with E-state index in [-0.39, 0.29) is 17.5 Å². The van der Waals surface area contributed by atoms with E-state index >= 15 is 0 Å². The lowest BCUT2D eigenvalue weighted by Crippen LogP contribution is -2.41. The van der Waals surface area contributed by atoms with Crippen LogP contribution in [0.2, 0.25) is 0 Å². The summed E-state index contributed by atoms with van der Waals surface area (Å²) in [5.41, 5.74) is 11.6. The first-order chi connectivity index (χ1) is 8.58. The molecule has 1 aromatic rings. The molecular weight excluding hydrogens is 232 g/mol. The summed E-state index contributed by atoms with van der Waals surface area (Å²) >= 11 is 0. The van der Waals surface area contributed by atoms with Crippen molar-refractivity contribution in [3.63, 3.8) is 0 Å². The number of carbonyl (C=O) groups is 2. The highest BCUT2D eigenvalue weighted by Gasteiger charge is 2.24. The van der Waals surface area contributed by atoms with E-state index in [2.05, 4.69) is 4.98 Å². The molecule has 4 N–H and O–H groups in total. The molecule has 18 heavy (non-hydrogen) atoms. The number of anilines is 1. The van der Waals surface area contributed by atoms with Crippen molar-refractivity contribution in [2.75, 3.05) is 18.0 Å². The van der Waals surface area contributed by atoms with Crippen LogP contribution >= 0.6 is 0 Å². The van der Waals surface area contributed by atoms with Crippen LogP contribution in [0, 0.1) is 5.92 Å². The number of hydrogen-bond acceptors (Lipinski definition) is 4. The summed E-state index contributed by atoms with van der Waals surface area (Å²) in [6.07, 6.45) is 3.27. The third-order valence-electron chi connectivity index (χ3n) is 3.18. The van der Waals surface area contributed by atoms with Gasteiger partial charge in [-0.05, 0) is 25.0 Å². The minimum atomic E-state index is -0.555. The highest BCUT2D eigenvalue weighted by Crippen LogP contribution is 2.23. The van der Waals surface area contributed by atoms with E-state index in [1.807, 2.05) is 4.90 Å². The van der Waals surface area contributed by atoms with Crippen molar-refractivity contribution in [3.05, 3.63) is 24.0 Å². The third-order valence-corrected chi connectivity index (χ3v) is 3.18. The second-order valence-corrected chi connectivity index (χ2v) is 4.45. The SMILES string of the molecule is NC(=O)c1cc(N2CCCC(C(N)=O)C2)ccn1. The fourth-order valence-electron chi connectivity index (χ4n) is 2.19. The standard InChI is InChI=1S/C12H16N4O2/c13-11(17)8-2-1-5-16(7-8)9-3-4-15-10(6-9)12(14)18/h3-4,6,8H,1-2,5,7H2,(H2,13,17)(H2,14,18). The van der Waals surface area contributed by atoms with E-state index in [1.165, 1.54) is 0 Å². The largest absolute Gasteiger partial charge is 0.371 e. The van der Waals surface area contributed by atoms with Gasteiger partial charge in [0.15, 0.2) is 0 Å². The summed E-state index contributed by atoms with van der Waals surface area (Å²) in [5, 5.41) is 0. The molecule has 1 aliphatic rings. The minimum Gasteiger partial charge on any atom is -0.371 e. The maximum Gasteiger partial charge on any atom is 0.267 e. The number of hydrogen-bond donors (Lipinski definition) is 2. The Morgan fingerprint density at radius 3 is 2.83 bits per heavy atom. The second kappa shape index (κ2) is 5.03. The lowest BCUT2D eigenvalue weighted by atomic mass is 9.97. The summed E-state index contributed by atoms with van der Waals surface area (Å²) in [7, 11) is 0. The lowest BCUT2D eigenvalue weighted by Gasteiger charge is -2.33. The molecule has 2 heterocycles. The van der Waals surface area contributed by atoms with E-state index in [4.69, 9.17) is 11.5 Å². The van der Waals surface area contributed by atoms with E-state index in [0.29, 0.717) is 6.54 Å². The fraction of sp³-hybridized carbons (Fsp3) is 0.417. The normalized spacial score (nSPS) is 19.6. The number of carbonyl (C=O) groups excluding carboxylic acids is 2. The average Bonchev–Trinajstić information content (AvgIpc) is 2.39. The summed E-state index contributed by atoms with van der Waals surface area (Å²) in [6.45, 7) is 1.42. The minimum absolute atomic E-state index is 0.135. The number of aromatic nitrogens is 1. The molecule has 0 bridgehead atoms. The van der Waals surface area contributed by atoms with Crippen LogP contribution < -0.4 is 16.4 Å². The molecule has 96 valence electrons. The van der Waals surface area contributed by atoms with Crippen LogP contribution in [-0.4, -0.2) is 29.9 Å². The number of nitrogens with two attached hydrogens (primary N) is 2. The Balaban J connectivity index is 2.18. The molecule has 6 nitrogen and oxygen atoms in total. The first kappa shape index (κ1) is 12.3. The van der Waals surface area contributed by atoms with E-state index < -0.39 is 5.91 Å². The van der Waals surface area contributed by atoms with Crippen LogP contribution in [0.25, 0.3) is 0 Å². The molecule has 0 aromatic carbocycles. The van der Waals surface area contributed by atoms with Crippen molar-refractivity contribution >= 4 is 17.5 Å². The highest BCUT2D eigenvalue weighted by molar-refractivity contribution is 5.91. The Kier molecular flexibility index (Phi) is 3.45. The van der Waals surface area contributed by atoms with Gasteiger partial charge in [-0.15, -0.1) is 0 Å². The van der Waals surface area contributed by atoms with Crippen molar-refractivity contribution in [1.29, 1.82) is 0 Å². The van der Waals surface area contributed by atoms with Crippen LogP contribution in [0.15, 0.2) is 18.3 Å². The Bertz CT molecular complexity index is 475. The number of piperidine rings is 1. The molecule has 1 aromatic heterocycles. The van der Waals surface area contributed by atoms with Gasteiger partial charge >= 0.3 is 0 Å². The predicted octanol–water partition coefficient (Wildman–Crippen LogP) is -0.118. The lowest BCUT2D eigenvalue weighted by molar-refractivity contribution is -0.122.